The molecule has 0 spiro atoms. The molecule has 0 fully saturated rings. The van der Waals surface area contributed by atoms with Crippen molar-refractivity contribution >= 4 is 28.2 Å². The normalized spacial score (nSPS) is 10.1. The van der Waals surface area contributed by atoms with E-state index in [-0.39, 0.29) is 17.0 Å². The molecule has 0 aliphatic rings. The van der Waals surface area contributed by atoms with Gasteiger partial charge in [0.15, 0.2) is 10.9 Å². The first-order valence-electron chi connectivity index (χ1n) is 4.90. The predicted octanol–water partition coefficient (Wildman–Crippen LogP) is 0.681. The molecule has 7 nitrogen and oxygen atoms in total. The van der Waals surface area contributed by atoms with E-state index in [9.17, 15) is 14.4 Å². The number of nitrogens with zero attached hydrogens (tertiary/aromatic N) is 2. The molecule has 0 aliphatic heterocycles. The number of carbonyl (C=O) groups is 2. The van der Waals surface area contributed by atoms with Crippen molar-refractivity contribution in [2.45, 2.75) is 6.92 Å². The molecule has 92 valence electrons. The zero-order chi connectivity index (χ0) is 13.1. The van der Waals surface area contributed by atoms with Gasteiger partial charge >= 0.3 is 0 Å². The summed E-state index contributed by atoms with van der Waals surface area (Å²) in [5.41, 5.74) is -0.0291. The van der Waals surface area contributed by atoms with E-state index < -0.39 is 5.91 Å². The van der Waals surface area contributed by atoms with Crippen LogP contribution in [0.1, 0.15) is 27.9 Å². The van der Waals surface area contributed by atoms with Gasteiger partial charge < -0.3 is 0 Å². The van der Waals surface area contributed by atoms with E-state index in [4.69, 9.17) is 0 Å². The number of nitrogens with one attached hydrogen (secondary N) is 2. The Balaban J connectivity index is 2.13. The van der Waals surface area contributed by atoms with Crippen molar-refractivity contribution in [3.63, 3.8) is 0 Å². The highest BCUT2D eigenvalue weighted by atomic mass is 32.1. The molecule has 2 aromatic heterocycles. The van der Waals surface area contributed by atoms with Gasteiger partial charge in [0.2, 0.25) is 0 Å². The first-order chi connectivity index (χ1) is 8.56. The van der Waals surface area contributed by atoms with Gasteiger partial charge in [0.05, 0.1) is 0 Å². The fraction of sp³-hybridized carbons (Fsp3) is 0.100. The van der Waals surface area contributed by atoms with E-state index in [2.05, 4.69) is 20.5 Å². The summed E-state index contributed by atoms with van der Waals surface area (Å²) >= 11 is 1.14. The second-order valence-electron chi connectivity index (χ2n) is 3.35. The number of hydrogen-bond donors (Lipinski definition) is 2. The number of aromatic nitrogens is 3. The van der Waals surface area contributed by atoms with Gasteiger partial charge in [0, 0.05) is 18.4 Å². The molecule has 0 saturated carbocycles. The van der Waals surface area contributed by atoms with Crippen LogP contribution in [0.5, 0.6) is 0 Å². The van der Waals surface area contributed by atoms with Crippen molar-refractivity contribution in [2.24, 2.45) is 0 Å². The summed E-state index contributed by atoms with van der Waals surface area (Å²) in [4.78, 5) is 37.4. The Hall–Kier alpha value is -2.35. The number of Topliss-reactive ketones (excluding diaryl/α,β-unsaturated/α-hetero) is 1. The van der Waals surface area contributed by atoms with Crippen molar-refractivity contribution in [3.8, 4) is 0 Å². The summed E-state index contributed by atoms with van der Waals surface area (Å²) < 4.78 is 0. The van der Waals surface area contributed by atoms with Crippen LogP contribution in [0, 0.1) is 0 Å². The average molecular weight is 264 g/mol. The lowest BCUT2D eigenvalue weighted by atomic mass is 10.3. The van der Waals surface area contributed by atoms with Crippen LogP contribution < -0.4 is 10.9 Å². The van der Waals surface area contributed by atoms with E-state index in [0.717, 1.165) is 11.3 Å². The van der Waals surface area contributed by atoms with Gasteiger partial charge in [-0.3, -0.25) is 19.7 Å². The summed E-state index contributed by atoms with van der Waals surface area (Å²) in [6.45, 7) is 1.39. The van der Waals surface area contributed by atoms with Crippen LogP contribution in [-0.2, 0) is 0 Å². The minimum atomic E-state index is -0.504. The lowest BCUT2D eigenvalue weighted by molar-refractivity contribution is 0.100. The quantitative estimate of drug-likeness (QED) is 0.793. The third-order valence-corrected chi connectivity index (χ3v) is 2.75. The maximum Gasteiger partial charge on any atom is 0.277 e. The maximum atomic E-state index is 11.7. The Labute approximate surface area is 105 Å². The fourth-order valence-corrected chi connectivity index (χ4v) is 1.87. The van der Waals surface area contributed by atoms with E-state index in [1.165, 1.54) is 19.1 Å². The van der Waals surface area contributed by atoms with E-state index in [0.29, 0.717) is 10.8 Å². The smallest absolute Gasteiger partial charge is 0.277 e. The van der Waals surface area contributed by atoms with Gasteiger partial charge in [-0.25, -0.2) is 10.1 Å². The highest BCUT2D eigenvalue weighted by molar-refractivity contribution is 7.14. The van der Waals surface area contributed by atoms with Crippen LogP contribution in [0.3, 0.4) is 0 Å². The number of H-pyrrole nitrogens is 1. The highest BCUT2D eigenvalue weighted by Crippen LogP contribution is 2.16. The Kier molecular flexibility index (Phi) is 3.28. The van der Waals surface area contributed by atoms with Gasteiger partial charge in [-0.15, -0.1) is 11.3 Å². The first kappa shape index (κ1) is 12.1. The van der Waals surface area contributed by atoms with Crippen molar-refractivity contribution in [1.29, 1.82) is 0 Å². The predicted molar refractivity (Wildman–Crippen MR) is 64.9 cm³/mol. The van der Waals surface area contributed by atoms with Crippen LogP contribution in [0.15, 0.2) is 22.3 Å². The Morgan fingerprint density at radius 2 is 2.11 bits per heavy atom. The van der Waals surface area contributed by atoms with Crippen molar-refractivity contribution in [1.82, 2.24) is 15.2 Å². The molecular formula is C10H8N4O3S. The number of carbonyl (C=O) groups excluding carboxylic acids is 2. The SMILES string of the molecule is CC(=O)c1csc(NC(=O)c2ccc(=O)[nH]n2)n1. The van der Waals surface area contributed by atoms with Gasteiger partial charge in [-0.1, -0.05) is 0 Å². The molecule has 2 N–H and O–H groups in total. The molecule has 0 atom stereocenters. The second kappa shape index (κ2) is 4.88. The minimum Gasteiger partial charge on any atom is -0.296 e. The zero-order valence-corrected chi connectivity index (χ0v) is 10.1. The Morgan fingerprint density at radius 1 is 1.33 bits per heavy atom. The molecule has 18 heavy (non-hydrogen) atoms. The number of amides is 1. The maximum absolute atomic E-state index is 11.7. The van der Waals surface area contributed by atoms with Crippen LogP contribution in [0.2, 0.25) is 0 Å². The molecule has 2 aromatic rings. The molecular weight excluding hydrogens is 256 g/mol. The molecule has 0 radical (unpaired) electrons. The number of hydrogen-bond acceptors (Lipinski definition) is 6. The fourth-order valence-electron chi connectivity index (χ4n) is 1.12. The molecule has 0 saturated heterocycles. The highest BCUT2D eigenvalue weighted by Gasteiger charge is 2.11. The number of thiazole rings is 1. The Bertz CT molecular complexity index is 641. The van der Waals surface area contributed by atoms with Crippen LogP contribution >= 0.6 is 11.3 Å². The van der Waals surface area contributed by atoms with Gasteiger partial charge in [-0.2, -0.15) is 5.10 Å². The lowest BCUT2D eigenvalue weighted by Crippen LogP contribution is -2.17. The molecule has 0 unspecified atom stereocenters. The molecule has 0 aliphatic carbocycles. The summed E-state index contributed by atoms with van der Waals surface area (Å²) in [7, 11) is 0. The summed E-state index contributed by atoms with van der Waals surface area (Å²) in [6, 6.07) is 2.50. The van der Waals surface area contributed by atoms with Gasteiger partial charge in [0.1, 0.15) is 11.4 Å². The van der Waals surface area contributed by atoms with E-state index in [1.54, 1.807) is 5.38 Å². The third kappa shape index (κ3) is 2.66. The zero-order valence-electron chi connectivity index (χ0n) is 9.26. The van der Waals surface area contributed by atoms with Gasteiger partial charge in [-0.05, 0) is 6.07 Å². The summed E-state index contributed by atoms with van der Waals surface area (Å²) in [5.74, 6) is -0.676. The molecule has 2 rings (SSSR count). The number of rotatable bonds is 3. The third-order valence-electron chi connectivity index (χ3n) is 2.00. The van der Waals surface area contributed by atoms with Gasteiger partial charge in [0.25, 0.3) is 11.5 Å². The second-order valence-corrected chi connectivity index (χ2v) is 4.21. The molecule has 1 amide bonds. The van der Waals surface area contributed by atoms with E-state index in [1.807, 2.05) is 0 Å². The number of aromatic amines is 1. The lowest BCUT2D eigenvalue weighted by Gasteiger charge is -1.99. The van der Waals surface area contributed by atoms with Crippen molar-refractivity contribution in [3.05, 3.63) is 39.3 Å². The standard InChI is InChI=1S/C10H8N4O3S/c1-5(15)7-4-18-10(11-7)12-9(17)6-2-3-8(16)14-13-6/h2-4H,1H3,(H,14,16)(H,11,12,17). The molecule has 0 bridgehead atoms. The van der Waals surface area contributed by atoms with Crippen molar-refractivity contribution < 1.29 is 9.59 Å². The van der Waals surface area contributed by atoms with Crippen LogP contribution in [-0.4, -0.2) is 26.9 Å². The molecule has 0 aromatic carbocycles. The first-order valence-corrected chi connectivity index (χ1v) is 5.78. The largest absolute Gasteiger partial charge is 0.296 e. The average Bonchev–Trinajstić information content (AvgIpc) is 2.78. The van der Waals surface area contributed by atoms with Crippen molar-refractivity contribution in [2.75, 3.05) is 5.32 Å². The summed E-state index contributed by atoms with van der Waals surface area (Å²) in [6.07, 6.45) is 0. The van der Waals surface area contributed by atoms with Crippen LogP contribution in [0.25, 0.3) is 0 Å². The summed E-state index contributed by atoms with van der Waals surface area (Å²) in [5, 5.41) is 10.1. The van der Waals surface area contributed by atoms with E-state index >= 15 is 0 Å². The molecule has 2 heterocycles. The Morgan fingerprint density at radius 3 is 2.67 bits per heavy atom. The molecule has 8 heteroatoms. The topological polar surface area (TPSA) is 105 Å². The number of anilines is 1. The van der Waals surface area contributed by atoms with Crippen LogP contribution in [0.4, 0.5) is 5.13 Å². The monoisotopic (exact) mass is 264 g/mol. The minimum absolute atomic E-state index is 0.0641. The number of ketones is 1.